The lowest BCUT2D eigenvalue weighted by Gasteiger charge is -2.00. The average molecular weight is 252 g/mol. The lowest BCUT2D eigenvalue weighted by molar-refractivity contribution is 0.0702. The first-order valence-corrected chi connectivity index (χ1v) is 5.38. The number of nitrogens with one attached hydrogen (secondary N) is 1. The number of amides is 1. The first kappa shape index (κ1) is 11.3. The number of hydrogen-bond donors (Lipinski definition) is 2. The van der Waals surface area contributed by atoms with Gasteiger partial charge in [-0.2, -0.15) is 10.1 Å². The topological polar surface area (TPSA) is 97.1 Å². The van der Waals surface area contributed by atoms with Crippen molar-refractivity contribution in [2.45, 2.75) is 0 Å². The second-order valence-electron chi connectivity index (χ2n) is 3.13. The summed E-state index contributed by atoms with van der Waals surface area (Å²) < 4.78 is 1.41. The second-order valence-corrected chi connectivity index (χ2v) is 4.21. The van der Waals surface area contributed by atoms with E-state index < -0.39 is 11.9 Å². The summed E-state index contributed by atoms with van der Waals surface area (Å²) in [6.07, 6.45) is 1.31. The van der Waals surface area contributed by atoms with E-state index in [2.05, 4.69) is 15.4 Å². The van der Waals surface area contributed by atoms with Gasteiger partial charge in [0.1, 0.15) is 11.2 Å². The number of carbonyl (C=O) groups excluding carboxylic acids is 1. The second kappa shape index (κ2) is 4.34. The first-order chi connectivity index (χ1) is 8.08. The molecule has 7 nitrogen and oxygen atoms in total. The minimum Gasteiger partial charge on any atom is -0.477 e. The largest absolute Gasteiger partial charge is 0.477 e. The molecule has 0 radical (unpaired) electrons. The van der Waals surface area contributed by atoms with Crippen molar-refractivity contribution < 1.29 is 14.7 Å². The molecule has 0 unspecified atom stereocenters. The smallest absolute Gasteiger partial charge is 0.345 e. The van der Waals surface area contributed by atoms with Gasteiger partial charge in [0.25, 0.3) is 5.91 Å². The van der Waals surface area contributed by atoms with Gasteiger partial charge in [0.2, 0.25) is 5.95 Å². The van der Waals surface area contributed by atoms with Crippen molar-refractivity contribution >= 4 is 29.2 Å². The van der Waals surface area contributed by atoms with E-state index in [1.165, 1.54) is 23.1 Å². The first-order valence-electron chi connectivity index (χ1n) is 4.56. The Kier molecular flexibility index (Phi) is 2.88. The molecule has 0 fully saturated rings. The quantitative estimate of drug-likeness (QED) is 0.843. The minimum absolute atomic E-state index is 0.119. The van der Waals surface area contributed by atoms with Crippen LogP contribution in [-0.2, 0) is 7.05 Å². The van der Waals surface area contributed by atoms with E-state index in [4.69, 9.17) is 5.11 Å². The van der Waals surface area contributed by atoms with Crippen molar-refractivity contribution in [3.63, 3.8) is 0 Å². The Balaban J connectivity index is 2.15. The average Bonchev–Trinajstić information content (AvgIpc) is 2.88. The summed E-state index contributed by atoms with van der Waals surface area (Å²) in [7, 11) is 1.64. The Hall–Kier alpha value is -2.22. The number of thiophene rings is 1. The summed E-state index contributed by atoms with van der Waals surface area (Å²) in [5, 5.41) is 15.1. The van der Waals surface area contributed by atoms with E-state index in [1.54, 1.807) is 7.05 Å². The van der Waals surface area contributed by atoms with E-state index in [0.29, 0.717) is 10.8 Å². The summed E-state index contributed by atoms with van der Waals surface area (Å²) in [5.41, 5.74) is 0. The van der Waals surface area contributed by atoms with E-state index >= 15 is 0 Å². The molecule has 0 aliphatic heterocycles. The summed E-state index contributed by atoms with van der Waals surface area (Å²) in [4.78, 5) is 26.6. The number of nitrogens with zero attached hydrogens (tertiary/aromatic N) is 3. The predicted molar refractivity (Wildman–Crippen MR) is 60.2 cm³/mol. The summed E-state index contributed by atoms with van der Waals surface area (Å²) >= 11 is 0.908. The molecule has 88 valence electrons. The number of aromatic carboxylic acids is 1. The fourth-order valence-electron chi connectivity index (χ4n) is 1.15. The van der Waals surface area contributed by atoms with Crippen LogP contribution in [0.25, 0.3) is 0 Å². The molecule has 0 saturated heterocycles. The molecule has 2 aromatic rings. The fraction of sp³-hybridized carbons (Fsp3) is 0.111. The molecule has 0 aliphatic rings. The van der Waals surface area contributed by atoms with Crippen LogP contribution >= 0.6 is 11.3 Å². The lowest BCUT2D eigenvalue weighted by atomic mass is 10.4. The van der Waals surface area contributed by atoms with Crippen molar-refractivity contribution in [1.29, 1.82) is 0 Å². The van der Waals surface area contributed by atoms with Gasteiger partial charge in [0.05, 0.1) is 4.88 Å². The zero-order valence-electron chi connectivity index (χ0n) is 8.75. The van der Waals surface area contributed by atoms with Gasteiger partial charge in [-0.1, -0.05) is 0 Å². The van der Waals surface area contributed by atoms with E-state index in [9.17, 15) is 9.59 Å². The highest BCUT2D eigenvalue weighted by Crippen LogP contribution is 2.17. The zero-order valence-corrected chi connectivity index (χ0v) is 9.56. The summed E-state index contributed by atoms with van der Waals surface area (Å²) in [6, 6.07) is 2.85. The summed E-state index contributed by atoms with van der Waals surface area (Å²) in [6.45, 7) is 0. The highest BCUT2D eigenvalue weighted by Gasteiger charge is 2.14. The summed E-state index contributed by atoms with van der Waals surface area (Å²) in [5.74, 6) is -1.15. The Morgan fingerprint density at radius 2 is 2.12 bits per heavy atom. The maximum atomic E-state index is 11.7. The third-order valence-corrected chi connectivity index (χ3v) is 3.05. The molecule has 0 aliphatic carbocycles. The van der Waals surface area contributed by atoms with Crippen molar-refractivity contribution in [2.75, 3.05) is 5.32 Å². The van der Waals surface area contributed by atoms with Crippen LogP contribution in [0.3, 0.4) is 0 Å². The molecule has 0 spiro atoms. The molecule has 2 rings (SSSR count). The maximum Gasteiger partial charge on any atom is 0.345 e. The minimum atomic E-state index is -1.05. The standard InChI is InChI=1S/C9H8N4O3S/c1-13-9(10-4-11-13)12-7(14)5-2-3-6(17-5)8(15)16/h2-4H,1H3,(H,15,16)(H,10,11,12,14). The van der Waals surface area contributed by atoms with Gasteiger partial charge in [-0.05, 0) is 12.1 Å². The van der Waals surface area contributed by atoms with Crippen LogP contribution in [0.1, 0.15) is 19.3 Å². The molecule has 0 bridgehead atoms. The Morgan fingerprint density at radius 3 is 2.65 bits per heavy atom. The molecule has 17 heavy (non-hydrogen) atoms. The van der Waals surface area contributed by atoms with Gasteiger partial charge in [0, 0.05) is 7.05 Å². The van der Waals surface area contributed by atoms with E-state index in [1.807, 2.05) is 0 Å². The van der Waals surface area contributed by atoms with Gasteiger partial charge in [-0.3, -0.25) is 10.1 Å². The zero-order chi connectivity index (χ0) is 12.4. The van der Waals surface area contributed by atoms with Crippen LogP contribution in [0.5, 0.6) is 0 Å². The Morgan fingerprint density at radius 1 is 1.41 bits per heavy atom. The molecule has 8 heteroatoms. The molecular weight excluding hydrogens is 244 g/mol. The number of carboxylic acids is 1. The van der Waals surface area contributed by atoms with Crippen molar-refractivity contribution in [2.24, 2.45) is 7.05 Å². The number of hydrogen-bond acceptors (Lipinski definition) is 5. The highest BCUT2D eigenvalue weighted by molar-refractivity contribution is 7.15. The Labute approximate surface area is 99.7 Å². The van der Waals surface area contributed by atoms with Crippen LogP contribution in [0.4, 0.5) is 5.95 Å². The normalized spacial score (nSPS) is 10.2. The van der Waals surface area contributed by atoms with Crippen molar-refractivity contribution in [3.05, 3.63) is 28.2 Å². The van der Waals surface area contributed by atoms with Crippen molar-refractivity contribution in [3.8, 4) is 0 Å². The van der Waals surface area contributed by atoms with Gasteiger partial charge in [-0.15, -0.1) is 11.3 Å². The molecule has 0 atom stereocenters. The van der Waals surface area contributed by atoms with Crippen LogP contribution in [0.2, 0.25) is 0 Å². The van der Waals surface area contributed by atoms with E-state index in [0.717, 1.165) is 11.3 Å². The molecular formula is C9H8N4O3S. The number of aromatic nitrogens is 3. The molecule has 0 saturated carbocycles. The van der Waals surface area contributed by atoms with Gasteiger partial charge in [0.15, 0.2) is 0 Å². The number of carbonyl (C=O) groups is 2. The number of anilines is 1. The highest BCUT2D eigenvalue weighted by atomic mass is 32.1. The lowest BCUT2D eigenvalue weighted by Crippen LogP contribution is -2.14. The number of carboxylic acid groups (broad SMARTS) is 1. The fourth-order valence-corrected chi connectivity index (χ4v) is 1.89. The van der Waals surface area contributed by atoms with Crippen LogP contribution in [0, 0.1) is 0 Å². The molecule has 2 N–H and O–H groups in total. The molecule has 0 aromatic carbocycles. The third-order valence-electron chi connectivity index (χ3n) is 1.98. The SMILES string of the molecule is Cn1ncnc1NC(=O)c1ccc(C(=O)O)s1. The van der Waals surface area contributed by atoms with Gasteiger partial charge in [-0.25, -0.2) is 9.48 Å². The van der Waals surface area contributed by atoms with Crippen LogP contribution < -0.4 is 5.32 Å². The number of rotatable bonds is 3. The maximum absolute atomic E-state index is 11.7. The molecule has 2 heterocycles. The monoisotopic (exact) mass is 252 g/mol. The van der Waals surface area contributed by atoms with Crippen molar-refractivity contribution in [1.82, 2.24) is 14.8 Å². The molecule has 1 amide bonds. The van der Waals surface area contributed by atoms with Crippen LogP contribution in [0.15, 0.2) is 18.5 Å². The number of aryl methyl sites for hydroxylation is 1. The Bertz CT molecular complexity index is 574. The molecule has 2 aromatic heterocycles. The predicted octanol–water partition coefficient (Wildman–Crippen LogP) is 0.827. The van der Waals surface area contributed by atoms with Gasteiger partial charge >= 0.3 is 5.97 Å². The van der Waals surface area contributed by atoms with Crippen LogP contribution in [-0.4, -0.2) is 31.7 Å². The van der Waals surface area contributed by atoms with E-state index in [-0.39, 0.29) is 4.88 Å². The van der Waals surface area contributed by atoms with Gasteiger partial charge < -0.3 is 5.11 Å². The third kappa shape index (κ3) is 2.31.